The predicted octanol–water partition coefficient (Wildman–Crippen LogP) is 2.28. The molecular formula is C14H20BrNO2. The summed E-state index contributed by atoms with van der Waals surface area (Å²) in [7, 11) is 0. The molecule has 1 aromatic carbocycles. The molecule has 0 spiro atoms. The van der Waals surface area contributed by atoms with Crippen LogP contribution >= 0.6 is 15.9 Å². The third kappa shape index (κ3) is 3.32. The van der Waals surface area contributed by atoms with Crippen LogP contribution in [0.4, 0.5) is 0 Å². The van der Waals surface area contributed by atoms with Gasteiger partial charge in [-0.25, -0.2) is 0 Å². The number of aliphatic hydroxyl groups excluding tert-OH is 1. The highest BCUT2D eigenvalue weighted by molar-refractivity contribution is 9.10. The molecule has 1 aliphatic rings. The fourth-order valence-corrected chi connectivity index (χ4v) is 2.83. The Labute approximate surface area is 116 Å². The molecule has 3 nitrogen and oxygen atoms in total. The van der Waals surface area contributed by atoms with Crippen molar-refractivity contribution in [1.82, 2.24) is 0 Å². The zero-order valence-corrected chi connectivity index (χ0v) is 12.0. The van der Waals surface area contributed by atoms with E-state index in [1.807, 2.05) is 24.3 Å². The number of hydrogen-bond acceptors (Lipinski definition) is 3. The van der Waals surface area contributed by atoms with E-state index >= 15 is 0 Å². The largest absolute Gasteiger partial charge is 0.392 e. The van der Waals surface area contributed by atoms with Gasteiger partial charge in [0, 0.05) is 30.1 Å². The van der Waals surface area contributed by atoms with E-state index in [0.717, 1.165) is 36.1 Å². The van der Waals surface area contributed by atoms with E-state index < -0.39 is 0 Å². The van der Waals surface area contributed by atoms with Crippen molar-refractivity contribution >= 4 is 15.9 Å². The van der Waals surface area contributed by atoms with Gasteiger partial charge in [0.1, 0.15) is 0 Å². The molecule has 1 heterocycles. The quantitative estimate of drug-likeness (QED) is 0.896. The highest BCUT2D eigenvalue weighted by Crippen LogP contribution is 2.29. The number of benzene rings is 1. The molecule has 1 fully saturated rings. The first-order chi connectivity index (χ1) is 8.72. The fourth-order valence-electron chi connectivity index (χ4n) is 2.57. The topological polar surface area (TPSA) is 55.5 Å². The maximum absolute atomic E-state index is 10.5. The van der Waals surface area contributed by atoms with Gasteiger partial charge in [0.05, 0.1) is 6.10 Å². The Kier molecular flexibility index (Phi) is 5.18. The molecule has 0 aliphatic carbocycles. The zero-order valence-electron chi connectivity index (χ0n) is 10.4. The Bertz CT molecular complexity index is 363. The van der Waals surface area contributed by atoms with E-state index in [9.17, 15) is 5.11 Å². The number of halogens is 1. The summed E-state index contributed by atoms with van der Waals surface area (Å²) in [6.07, 6.45) is 1.47. The zero-order chi connectivity index (χ0) is 13.0. The molecule has 1 aromatic rings. The van der Waals surface area contributed by atoms with Crippen molar-refractivity contribution in [2.75, 3.05) is 19.8 Å². The Morgan fingerprint density at radius 1 is 1.28 bits per heavy atom. The second kappa shape index (κ2) is 6.66. The van der Waals surface area contributed by atoms with Crippen molar-refractivity contribution in [1.29, 1.82) is 0 Å². The van der Waals surface area contributed by atoms with Crippen molar-refractivity contribution in [3.05, 3.63) is 34.3 Å². The van der Waals surface area contributed by atoms with Gasteiger partial charge in [0.25, 0.3) is 0 Å². The van der Waals surface area contributed by atoms with Crippen molar-refractivity contribution in [2.45, 2.75) is 24.9 Å². The fraction of sp³-hybridized carbons (Fsp3) is 0.571. The molecular weight excluding hydrogens is 294 g/mol. The van der Waals surface area contributed by atoms with Crippen molar-refractivity contribution < 1.29 is 9.84 Å². The Balaban J connectivity index is 2.09. The summed E-state index contributed by atoms with van der Waals surface area (Å²) in [5.74, 6) is 0.317. The third-order valence-electron chi connectivity index (χ3n) is 3.71. The van der Waals surface area contributed by atoms with E-state index in [0.29, 0.717) is 12.5 Å². The van der Waals surface area contributed by atoms with Gasteiger partial charge in [-0.2, -0.15) is 0 Å². The van der Waals surface area contributed by atoms with Crippen LogP contribution in [0.1, 0.15) is 24.3 Å². The first-order valence-electron chi connectivity index (χ1n) is 6.43. The van der Waals surface area contributed by atoms with E-state index in [1.54, 1.807) is 0 Å². The number of nitrogens with two attached hydrogens (primary N) is 1. The average Bonchev–Trinajstić information content (AvgIpc) is 2.42. The van der Waals surface area contributed by atoms with E-state index in [2.05, 4.69) is 15.9 Å². The molecule has 0 radical (unpaired) electrons. The van der Waals surface area contributed by atoms with Gasteiger partial charge in [0.2, 0.25) is 0 Å². The Morgan fingerprint density at radius 3 is 2.44 bits per heavy atom. The van der Waals surface area contributed by atoms with Gasteiger partial charge in [-0.3, -0.25) is 0 Å². The van der Waals surface area contributed by atoms with Crippen LogP contribution < -0.4 is 5.73 Å². The molecule has 18 heavy (non-hydrogen) atoms. The molecule has 2 rings (SSSR count). The van der Waals surface area contributed by atoms with Crippen LogP contribution in [0, 0.1) is 5.92 Å². The summed E-state index contributed by atoms with van der Waals surface area (Å²) in [5, 5.41) is 10.5. The van der Waals surface area contributed by atoms with Gasteiger partial charge < -0.3 is 15.6 Å². The van der Waals surface area contributed by atoms with Crippen LogP contribution in [0.3, 0.4) is 0 Å². The van der Waals surface area contributed by atoms with E-state index in [1.165, 1.54) is 0 Å². The maximum Gasteiger partial charge on any atom is 0.0650 e. The summed E-state index contributed by atoms with van der Waals surface area (Å²) in [6.45, 7) is 1.97. The molecule has 1 saturated heterocycles. The van der Waals surface area contributed by atoms with Crippen LogP contribution in [0.2, 0.25) is 0 Å². The van der Waals surface area contributed by atoms with Gasteiger partial charge >= 0.3 is 0 Å². The summed E-state index contributed by atoms with van der Waals surface area (Å²) in [6, 6.07) is 8.05. The minimum atomic E-state index is -0.375. The van der Waals surface area contributed by atoms with Crippen LogP contribution in [-0.2, 0) is 4.74 Å². The second-order valence-electron chi connectivity index (χ2n) is 4.83. The molecule has 3 N–H and O–H groups in total. The second-order valence-corrected chi connectivity index (χ2v) is 5.75. The smallest absolute Gasteiger partial charge is 0.0650 e. The lowest BCUT2D eigenvalue weighted by Gasteiger charge is -2.32. The highest BCUT2D eigenvalue weighted by atomic mass is 79.9. The molecule has 0 amide bonds. The molecule has 2 unspecified atom stereocenters. The highest BCUT2D eigenvalue weighted by Gasteiger charge is 2.29. The molecule has 0 bridgehead atoms. The van der Waals surface area contributed by atoms with Gasteiger partial charge in [-0.1, -0.05) is 28.1 Å². The van der Waals surface area contributed by atoms with E-state index in [-0.39, 0.29) is 12.0 Å². The van der Waals surface area contributed by atoms with Crippen molar-refractivity contribution in [3.63, 3.8) is 0 Å². The van der Waals surface area contributed by atoms with Gasteiger partial charge in [0.15, 0.2) is 0 Å². The number of aliphatic hydroxyl groups is 1. The SMILES string of the molecule is NCC(c1ccc(Br)cc1)C(O)C1CCOCC1. The molecule has 1 aliphatic heterocycles. The molecule has 100 valence electrons. The van der Waals surface area contributed by atoms with Crippen molar-refractivity contribution in [3.8, 4) is 0 Å². The first-order valence-corrected chi connectivity index (χ1v) is 7.23. The summed E-state index contributed by atoms with van der Waals surface area (Å²) in [4.78, 5) is 0. The van der Waals surface area contributed by atoms with Crippen LogP contribution in [0.5, 0.6) is 0 Å². The third-order valence-corrected chi connectivity index (χ3v) is 4.24. The Morgan fingerprint density at radius 2 is 1.89 bits per heavy atom. The first kappa shape index (κ1) is 14.0. The minimum Gasteiger partial charge on any atom is -0.392 e. The summed E-state index contributed by atoms with van der Waals surface area (Å²) < 4.78 is 6.38. The van der Waals surface area contributed by atoms with Gasteiger partial charge in [-0.05, 0) is 36.5 Å². The summed E-state index contributed by atoms with van der Waals surface area (Å²) in [5.41, 5.74) is 6.96. The number of hydrogen-bond donors (Lipinski definition) is 2. The number of ether oxygens (including phenoxy) is 1. The predicted molar refractivity (Wildman–Crippen MR) is 75.5 cm³/mol. The standard InChI is InChI=1S/C14H20BrNO2/c15-12-3-1-10(2-4-12)13(9-16)14(17)11-5-7-18-8-6-11/h1-4,11,13-14,17H,5-9,16H2. The lowest BCUT2D eigenvalue weighted by molar-refractivity contribution is -0.00194. The van der Waals surface area contributed by atoms with Crippen molar-refractivity contribution in [2.24, 2.45) is 11.7 Å². The number of rotatable bonds is 4. The van der Waals surface area contributed by atoms with Crippen LogP contribution in [-0.4, -0.2) is 31.0 Å². The average molecular weight is 314 g/mol. The molecule has 2 atom stereocenters. The van der Waals surface area contributed by atoms with Gasteiger partial charge in [-0.15, -0.1) is 0 Å². The van der Waals surface area contributed by atoms with Crippen LogP contribution in [0.15, 0.2) is 28.7 Å². The molecule has 0 aromatic heterocycles. The summed E-state index contributed by atoms with van der Waals surface area (Å²) >= 11 is 3.42. The monoisotopic (exact) mass is 313 g/mol. The molecule has 0 saturated carbocycles. The minimum absolute atomic E-state index is 0.0150. The lowest BCUT2D eigenvalue weighted by atomic mass is 9.82. The maximum atomic E-state index is 10.5. The Hall–Kier alpha value is -0.420. The molecule has 4 heteroatoms. The lowest BCUT2D eigenvalue weighted by Crippen LogP contribution is -2.35. The normalized spacial score (nSPS) is 20.6. The van der Waals surface area contributed by atoms with E-state index in [4.69, 9.17) is 10.5 Å². The van der Waals surface area contributed by atoms with Crippen LogP contribution in [0.25, 0.3) is 0 Å².